The molecule has 2 nitrogen and oxygen atoms in total. The van der Waals surface area contributed by atoms with Gasteiger partial charge in [-0.05, 0) is 44.3 Å². The Morgan fingerprint density at radius 3 is 3.19 bits per heavy atom. The van der Waals surface area contributed by atoms with E-state index < -0.39 is 0 Å². The van der Waals surface area contributed by atoms with Crippen LogP contribution in [-0.2, 0) is 6.42 Å². The number of nitrogens with zero attached hydrogens (tertiary/aromatic N) is 1. The summed E-state index contributed by atoms with van der Waals surface area (Å²) in [4.78, 5) is 4.19. The monoisotopic (exact) mass is 238 g/mol. The van der Waals surface area contributed by atoms with E-state index in [1.54, 1.807) is 0 Å². The Hall–Kier alpha value is -0.380. The van der Waals surface area contributed by atoms with E-state index in [9.17, 15) is 0 Å². The van der Waals surface area contributed by atoms with Gasteiger partial charge < -0.3 is 5.32 Å². The molecule has 1 fully saturated rings. The Bertz CT molecular complexity index is 282. The van der Waals surface area contributed by atoms with Gasteiger partial charge in [0.15, 0.2) is 0 Å². The van der Waals surface area contributed by atoms with Crippen LogP contribution in [-0.4, -0.2) is 37.6 Å². The molecule has 0 aliphatic carbocycles. The largest absolute Gasteiger partial charge is 0.318 e. The lowest BCUT2D eigenvalue weighted by molar-refractivity contribution is 0.149. The van der Waals surface area contributed by atoms with Crippen molar-refractivity contribution < 1.29 is 0 Å². The zero-order chi connectivity index (χ0) is 11.2. The van der Waals surface area contributed by atoms with Gasteiger partial charge in [-0.25, -0.2) is 0 Å². The molecule has 16 heavy (non-hydrogen) atoms. The van der Waals surface area contributed by atoms with E-state index >= 15 is 0 Å². The van der Waals surface area contributed by atoms with Crippen molar-refractivity contribution in [1.82, 2.24) is 10.2 Å². The molecule has 3 heteroatoms. The molecular formula is C13H22N2S. The van der Waals surface area contributed by atoms with Crippen molar-refractivity contribution >= 4 is 11.3 Å². The van der Waals surface area contributed by atoms with Gasteiger partial charge in [0.05, 0.1) is 0 Å². The summed E-state index contributed by atoms with van der Waals surface area (Å²) in [7, 11) is 2.06. The summed E-state index contributed by atoms with van der Waals surface area (Å²) in [5.74, 6) is 0. The zero-order valence-electron chi connectivity index (χ0n) is 10.1. The summed E-state index contributed by atoms with van der Waals surface area (Å²) in [6.07, 6.45) is 5.37. The Balaban J connectivity index is 1.81. The molecule has 0 spiro atoms. The molecule has 1 N–H and O–H groups in total. The predicted octanol–water partition coefficient (Wildman–Crippen LogP) is 2.36. The molecule has 2 rings (SSSR count). The van der Waals surface area contributed by atoms with Gasteiger partial charge in [-0.15, -0.1) is 11.3 Å². The van der Waals surface area contributed by atoms with E-state index in [2.05, 4.69) is 34.8 Å². The van der Waals surface area contributed by atoms with Crippen molar-refractivity contribution in [2.75, 3.05) is 26.7 Å². The molecule has 0 aromatic carbocycles. The first kappa shape index (κ1) is 12.1. The summed E-state index contributed by atoms with van der Waals surface area (Å²) < 4.78 is 0. The van der Waals surface area contributed by atoms with Crippen molar-refractivity contribution in [2.45, 2.75) is 31.7 Å². The van der Waals surface area contributed by atoms with Crippen LogP contribution in [0.5, 0.6) is 0 Å². The molecule has 1 atom stereocenters. The Morgan fingerprint density at radius 2 is 2.44 bits per heavy atom. The molecule has 0 bridgehead atoms. The highest BCUT2D eigenvalue weighted by molar-refractivity contribution is 7.09. The van der Waals surface area contributed by atoms with Crippen molar-refractivity contribution in [1.29, 1.82) is 0 Å². The molecule has 1 aromatic rings. The molecule has 1 unspecified atom stereocenters. The number of hydrogen-bond donors (Lipinski definition) is 1. The minimum Gasteiger partial charge on any atom is -0.318 e. The first-order valence-electron chi connectivity index (χ1n) is 6.31. The first-order chi connectivity index (χ1) is 7.90. The van der Waals surface area contributed by atoms with Crippen molar-refractivity contribution in [3.05, 3.63) is 22.4 Å². The minimum absolute atomic E-state index is 0.763. The van der Waals surface area contributed by atoms with Crippen LogP contribution < -0.4 is 5.32 Å². The molecular weight excluding hydrogens is 216 g/mol. The van der Waals surface area contributed by atoms with E-state index in [0.717, 1.165) is 12.6 Å². The normalized spacial score (nSPS) is 22.4. The molecule has 0 saturated carbocycles. The summed E-state index contributed by atoms with van der Waals surface area (Å²) in [5.41, 5.74) is 0. The molecule has 0 amide bonds. The molecule has 1 aromatic heterocycles. The topological polar surface area (TPSA) is 15.3 Å². The summed E-state index contributed by atoms with van der Waals surface area (Å²) in [5, 5.41) is 5.50. The SMILES string of the molecule is CNCC1CCCCN1CCc1cccs1. The van der Waals surface area contributed by atoms with E-state index in [4.69, 9.17) is 0 Å². The number of nitrogens with one attached hydrogen (secondary N) is 1. The van der Waals surface area contributed by atoms with Crippen LogP contribution in [0.1, 0.15) is 24.1 Å². The van der Waals surface area contributed by atoms with Gasteiger partial charge in [0.25, 0.3) is 0 Å². The summed E-state index contributed by atoms with van der Waals surface area (Å²) in [6.45, 7) is 3.66. The van der Waals surface area contributed by atoms with E-state index in [-0.39, 0.29) is 0 Å². The predicted molar refractivity (Wildman–Crippen MR) is 71.2 cm³/mol. The zero-order valence-corrected chi connectivity index (χ0v) is 10.9. The maximum absolute atomic E-state index is 3.32. The fourth-order valence-corrected chi connectivity index (χ4v) is 3.23. The van der Waals surface area contributed by atoms with Crippen LogP contribution in [0.25, 0.3) is 0 Å². The highest BCUT2D eigenvalue weighted by Gasteiger charge is 2.20. The van der Waals surface area contributed by atoms with Crippen LogP contribution in [0.3, 0.4) is 0 Å². The first-order valence-corrected chi connectivity index (χ1v) is 7.19. The molecule has 1 aliphatic heterocycles. The second-order valence-corrected chi connectivity index (χ2v) is 5.60. The van der Waals surface area contributed by atoms with Crippen LogP contribution in [0.4, 0.5) is 0 Å². The van der Waals surface area contributed by atoms with Crippen molar-refractivity contribution in [3.8, 4) is 0 Å². The van der Waals surface area contributed by atoms with Crippen molar-refractivity contribution in [2.24, 2.45) is 0 Å². The van der Waals surface area contributed by atoms with Gasteiger partial charge in [0.2, 0.25) is 0 Å². The number of likely N-dealkylation sites (tertiary alicyclic amines) is 1. The number of piperidine rings is 1. The van der Waals surface area contributed by atoms with Gasteiger partial charge in [-0.2, -0.15) is 0 Å². The summed E-state index contributed by atoms with van der Waals surface area (Å²) >= 11 is 1.88. The van der Waals surface area contributed by atoms with Crippen LogP contribution in [0.15, 0.2) is 17.5 Å². The van der Waals surface area contributed by atoms with Crippen LogP contribution in [0, 0.1) is 0 Å². The smallest absolute Gasteiger partial charge is 0.0220 e. The van der Waals surface area contributed by atoms with Gasteiger partial charge in [-0.1, -0.05) is 12.5 Å². The number of likely N-dealkylation sites (N-methyl/N-ethyl adjacent to an activating group) is 1. The Labute approximate surface area is 103 Å². The van der Waals surface area contributed by atoms with Gasteiger partial charge in [-0.3, -0.25) is 4.90 Å². The molecule has 1 saturated heterocycles. The average Bonchev–Trinajstić information content (AvgIpc) is 2.81. The Morgan fingerprint density at radius 1 is 1.50 bits per heavy atom. The van der Waals surface area contributed by atoms with E-state index in [0.29, 0.717) is 0 Å². The van der Waals surface area contributed by atoms with Gasteiger partial charge in [0, 0.05) is 24.0 Å². The fraction of sp³-hybridized carbons (Fsp3) is 0.692. The molecule has 2 heterocycles. The van der Waals surface area contributed by atoms with Crippen LogP contribution in [0.2, 0.25) is 0 Å². The fourth-order valence-electron chi connectivity index (χ4n) is 2.53. The average molecular weight is 238 g/mol. The van der Waals surface area contributed by atoms with E-state index in [1.807, 2.05) is 11.3 Å². The lowest BCUT2D eigenvalue weighted by atomic mass is 10.0. The lowest BCUT2D eigenvalue weighted by Crippen LogP contribution is -2.45. The van der Waals surface area contributed by atoms with Gasteiger partial charge >= 0.3 is 0 Å². The number of thiophene rings is 1. The third-order valence-electron chi connectivity index (χ3n) is 3.41. The summed E-state index contributed by atoms with van der Waals surface area (Å²) in [6, 6.07) is 5.17. The van der Waals surface area contributed by atoms with Crippen molar-refractivity contribution in [3.63, 3.8) is 0 Å². The third-order valence-corrected chi connectivity index (χ3v) is 4.35. The molecule has 90 valence electrons. The van der Waals surface area contributed by atoms with E-state index in [1.165, 1.54) is 43.6 Å². The lowest BCUT2D eigenvalue weighted by Gasteiger charge is -2.35. The Kier molecular flexibility index (Phi) is 4.82. The highest BCUT2D eigenvalue weighted by Crippen LogP contribution is 2.18. The maximum Gasteiger partial charge on any atom is 0.0220 e. The highest BCUT2D eigenvalue weighted by atomic mass is 32.1. The third kappa shape index (κ3) is 3.30. The quantitative estimate of drug-likeness (QED) is 0.847. The molecule has 0 radical (unpaired) electrons. The minimum atomic E-state index is 0.763. The van der Waals surface area contributed by atoms with Gasteiger partial charge in [0.1, 0.15) is 0 Å². The second kappa shape index (κ2) is 6.38. The number of hydrogen-bond acceptors (Lipinski definition) is 3. The molecule has 1 aliphatic rings. The maximum atomic E-state index is 3.32. The standard InChI is InChI=1S/C13H22N2S/c1-14-11-12-5-2-3-8-15(12)9-7-13-6-4-10-16-13/h4,6,10,12,14H,2-3,5,7-9,11H2,1H3. The second-order valence-electron chi connectivity index (χ2n) is 4.57. The number of rotatable bonds is 5. The van der Waals surface area contributed by atoms with Crippen LogP contribution >= 0.6 is 11.3 Å².